The number of hydrogen-bond acceptors (Lipinski definition) is 3. The van der Waals surface area contributed by atoms with Crippen LogP contribution >= 0.6 is 0 Å². The maximum absolute atomic E-state index is 11.1. The zero-order valence-corrected chi connectivity index (χ0v) is 11.3. The molecule has 0 spiro atoms. The van der Waals surface area contributed by atoms with E-state index in [0.717, 1.165) is 16.7 Å². The van der Waals surface area contributed by atoms with E-state index in [1.54, 1.807) is 12.2 Å². The van der Waals surface area contributed by atoms with Gasteiger partial charge in [-0.1, -0.05) is 30.9 Å². The fourth-order valence-corrected chi connectivity index (χ4v) is 1.38. The van der Waals surface area contributed by atoms with Crippen LogP contribution in [0.4, 0.5) is 0 Å². The predicted molar refractivity (Wildman–Crippen MR) is 77.1 cm³/mol. The van der Waals surface area contributed by atoms with Crippen molar-refractivity contribution in [3.8, 4) is 5.75 Å². The number of carbonyl (C=O) groups excluding carboxylic acids is 1. The van der Waals surface area contributed by atoms with Crippen LogP contribution in [0.15, 0.2) is 49.1 Å². The van der Waals surface area contributed by atoms with E-state index >= 15 is 0 Å². The van der Waals surface area contributed by atoms with Crippen LogP contribution in [0.25, 0.3) is 6.08 Å². The van der Waals surface area contributed by atoms with Crippen molar-refractivity contribution >= 4 is 12.0 Å². The van der Waals surface area contributed by atoms with Gasteiger partial charge in [0.05, 0.1) is 7.11 Å². The number of benzene rings is 1. The van der Waals surface area contributed by atoms with E-state index in [9.17, 15) is 4.79 Å². The molecule has 0 aliphatic carbocycles. The first-order valence-electron chi connectivity index (χ1n) is 5.86. The summed E-state index contributed by atoms with van der Waals surface area (Å²) in [6.45, 7) is 9.75. The van der Waals surface area contributed by atoms with Gasteiger partial charge >= 0.3 is 5.97 Å². The molecule has 3 heteroatoms. The first-order valence-corrected chi connectivity index (χ1v) is 5.86. The SMILES string of the molecule is C=CC(=C)COc1ccc(C)cc1/C=C/C(=O)OC. The fraction of sp³-hybridized carbons (Fsp3) is 0.188. The third kappa shape index (κ3) is 4.84. The molecule has 0 aromatic heterocycles. The highest BCUT2D eigenvalue weighted by Crippen LogP contribution is 2.22. The minimum atomic E-state index is -0.400. The normalized spacial score (nSPS) is 10.2. The van der Waals surface area contributed by atoms with Gasteiger partial charge in [-0.3, -0.25) is 0 Å². The minimum Gasteiger partial charge on any atom is -0.488 e. The van der Waals surface area contributed by atoms with E-state index < -0.39 is 5.97 Å². The van der Waals surface area contributed by atoms with E-state index in [-0.39, 0.29) is 0 Å². The van der Waals surface area contributed by atoms with Gasteiger partial charge in [0, 0.05) is 11.6 Å². The van der Waals surface area contributed by atoms with Gasteiger partial charge in [-0.25, -0.2) is 4.79 Å². The second kappa shape index (κ2) is 7.21. The molecule has 0 amide bonds. The monoisotopic (exact) mass is 258 g/mol. The van der Waals surface area contributed by atoms with Gasteiger partial charge < -0.3 is 9.47 Å². The van der Waals surface area contributed by atoms with Crippen LogP contribution in [-0.4, -0.2) is 19.7 Å². The molecule has 0 saturated heterocycles. The molecule has 19 heavy (non-hydrogen) atoms. The number of methoxy groups -OCH3 is 1. The molecule has 0 heterocycles. The Morgan fingerprint density at radius 1 is 1.42 bits per heavy atom. The van der Waals surface area contributed by atoms with E-state index in [1.165, 1.54) is 13.2 Å². The Kier molecular flexibility index (Phi) is 5.61. The van der Waals surface area contributed by atoms with Crippen LogP contribution in [0.5, 0.6) is 5.75 Å². The summed E-state index contributed by atoms with van der Waals surface area (Å²) >= 11 is 0. The molecular formula is C16H18O3. The Bertz CT molecular complexity index is 513. The molecule has 0 bridgehead atoms. The highest BCUT2D eigenvalue weighted by atomic mass is 16.5. The number of rotatable bonds is 6. The van der Waals surface area contributed by atoms with Gasteiger partial charge in [-0.15, -0.1) is 0 Å². The van der Waals surface area contributed by atoms with Crippen molar-refractivity contribution in [2.75, 3.05) is 13.7 Å². The molecule has 1 rings (SSSR count). The number of aryl methyl sites for hydroxylation is 1. The minimum absolute atomic E-state index is 0.367. The van der Waals surface area contributed by atoms with Gasteiger partial charge in [-0.05, 0) is 30.7 Å². The van der Waals surface area contributed by atoms with Crippen LogP contribution in [-0.2, 0) is 9.53 Å². The summed E-state index contributed by atoms with van der Waals surface area (Å²) in [5, 5.41) is 0. The summed E-state index contributed by atoms with van der Waals surface area (Å²) in [4.78, 5) is 11.1. The molecule has 0 unspecified atom stereocenters. The smallest absolute Gasteiger partial charge is 0.330 e. The average Bonchev–Trinajstić information content (AvgIpc) is 2.43. The summed E-state index contributed by atoms with van der Waals surface area (Å²) in [5.74, 6) is 0.289. The van der Waals surface area contributed by atoms with Crippen LogP contribution in [0.3, 0.4) is 0 Å². The topological polar surface area (TPSA) is 35.5 Å². The van der Waals surface area contributed by atoms with Crippen molar-refractivity contribution in [2.24, 2.45) is 0 Å². The molecule has 3 nitrogen and oxygen atoms in total. The van der Waals surface area contributed by atoms with Gasteiger partial charge in [0.1, 0.15) is 12.4 Å². The average molecular weight is 258 g/mol. The number of carbonyl (C=O) groups is 1. The van der Waals surface area contributed by atoms with Gasteiger partial charge in [0.25, 0.3) is 0 Å². The molecular weight excluding hydrogens is 240 g/mol. The van der Waals surface area contributed by atoms with Crippen LogP contribution in [0, 0.1) is 6.92 Å². The molecule has 0 saturated carbocycles. The Morgan fingerprint density at radius 3 is 2.79 bits per heavy atom. The zero-order chi connectivity index (χ0) is 14.3. The molecule has 1 aromatic carbocycles. The molecule has 0 atom stereocenters. The molecule has 0 aliphatic rings. The Morgan fingerprint density at radius 2 is 2.16 bits per heavy atom. The van der Waals surface area contributed by atoms with Crippen LogP contribution < -0.4 is 4.74 Å². The summed E-state index contributed by atoms with van der Waals surface area (Å²) in [5.41, 5.74) is 2.70. The quantitative estimate of drug-likeness (QED) is 0.446. The lowest BCUT2D eigenvalue weighted by atomic mass is 10.1. The molecule has 0 aliphatic heterocycles. The highest BCUT2D eigenvalue weighted by molar-refractivity contribution is 5.87. The third-order valence-corrected chi connectivity index (χ3v) is 2.47. The number of esters is 1. The maximum Gasteiger partial charge on any atom is 0.330 e. The second-order valence-corrected chi connectivity index (χ2v) is 4.05. The van der Waals surface area contributed by atoms with Crippen molar-refractivity contribution in [2.45, 2.75) is 6.92 Å². The Hall–Kier alpha value is -2.29. The van der Waals surface area contributed by atoms with Crippen LogP contribution in [0.2, 0.25) is 0 Å². The van der Waals surface area contributed by atoms with E-state index in [1.807, 2.05) is 25.1 Å². The summed E-state index contributed by atoms with van der Waals surface area (Å²) in [6, 6.07) is 5.75. The van der Waals surface area contributed by atoms with Crippen molar-refractivity contribution in [3.63, 3.8) is 0 Å². The van der Waals surface area contributed by atoms with Crippen molar-refractivity contribution in [1.82, 2.24) is 0 Å². The molecule has 100 valence electrons. The maximum atomic E-state index is 11.1. The molecule has 0 radical (unpaired) electrons. The van der Waals surface area contributed by atoms with Crippen molar-refractivity contribution in [1.29, 1.82) is 0 Å². The first-order chi connectivity index (χ1) is 9.06. The fourth-order valence-electron chi connectivity index (χ4n) is 1.38. The lowest BCUT2D eigenvalue weighted by molar-refractivity contribution is -0.134. The van der Waals surface area contributed by atoms with Crippen LogP contribution in [0.1, 0.15) is 11.1 Å². The van der Waals surface area contributed by atoms with Crippen molar-refractivity contribution in [3.05, 3.63) is 60.2 Å². The highest BCUT2D eigenvalue weighted by Gasteiger charge is 2.03. The van der Waals surface area contributed by atoms with Crippen molar-refractivity contribution < 1.29 is 14.3 Å². The van der Waals surface area contributed by atoms with Gasteiger partial charge in [0.15, 0.2) is 0 Å². The predicted octanol–water partition coefficient (Wildman–Crippen LogP) is 3.30. The number of ether oxygens (including phenoxy) is 2. The molecule has 0 fully saturated rings. The van der Waals surface area contributed by atoms with E-state index in [0.29, 0.717) is 12.4 Å². The Balaban J connectivity index is 2.91. The van der Waals surface area contributed by atoms with Gasteiger partial charge in [0.2, 0.25) is 0 Å². The lowest BCUT2D eigenvalue weighted by Crippen LogP contribution is -2.00. The number of hydrogen-bond donors (Lipinski definition) is 0. The summed E-state index contributed by atoms with van der Waals surface area (Å²) in [7, 11) is 1.34. The Labute approximate surface area is 113 Å². The standard InChI is InChI=1S/C16H18O3/c1-5-12(2)11-19-15-8-6-13(3)10-14(15)7-9-16(17)18-4/h5-10H,1-2,11H2,3-4H3/b9-7+. The molecule has 0 N–H and O–H groups in total. The molecule has 1 aromatic rings. The first kappa shape index (κ1) is 14.8. The van der Waals surface area contributed by atoms with Gasteiger partial charge in [-0.2, -0.15) is 0 Å². The summed E-state index contributed by atoms with van der Waals surface area (Å²) < 4.78 is 10.2. The van der Waals surface area contributed by atoms with E-state index in [4.69, 9.17) is 4.74 Å². The third-order valence-electron chi connectivity index (χ3n) is 2.47. The lowest BCUT2D eigenvalue weighted by Gasteiger charge is -2.10. The van der Waals surface area contributed by atoms with E-state index in [2.05, 4.69) is 17.9 Å². The second-order valence-electron chi connectivity index (χ2n) is 4.05. The summed E-state index contributed by atoms with van der Waals surface area (Å²) in [6.07, 6.45) is 4.69. The zero-order valence-electron chi connectivity index (χ0n) is 11.3. The largest absolute Gasteiger partial charge is 0.488 e.